The minimum atomic E-state index is -1.12. The Balaban J connectivity index is 2.10. The van der Waals surface area contributed by atoms with Crippen LogP contribution in [0, 0.1) is 5.92 Å². The summed E-state index contributed by atoms with van der Waals surface area (Å²) in [4.78, 5) is 22.8. The number of hydrogen-bond acceptors (Lipinski definition) is 3. The maximum Gasteiger partial charge on any atom is 0.337 e. The topological polar surface area (TPSA) is 87.7 Å². The summed E-state index contributed by atoms with van der Waals surface area (Å²) < 4.78 is 4.96. The van der Waals surface area contributed by atoms with Crippen LogP contribution in [-0.4, -0.2) is 30.3 Å². The van der Waals surface area contributed by atoms with E-state index < -0.39 is 5.97 Å². The number of urea groups is 1. The van der Waals surface area contributed by atoms with Gasteiger partial charge in [-0.25, -0.2) is 9.59 Å². The average molecular weight is 264 g/mol. The number of nitrogens with one attached hydrogen (secondary N) is 2. The highest BCUT2D eigenvalue weighted by molar-refractivity contribution is 6.00. The molecule has 0 aromatic heterocycles. The van der Waals surface area contributed by atoms with Crippen LogP contribution in [0.5, 0.6) is 5.75 Å². The molecule has 6 nitrogen and oxygen atoms in total. The van der Waals surface area contributed by atoms with Crippen LogP contribution in [-0.2, 0) is 0 Å². The number of carbonyl (C=O) groups excluding carboxylic acids is 1. The Kier molecular flexibility index (Phi) is 3.59. The van der Waals surface area contributed by atoms with E-state index in [-0.39, 0.29) is 23.3 Å². The first kappa shape index (κ1) is 13.2. The first-order chi connectivity index (χ1) is 9.01. The number of carbonyl (C=O) groups is 2. The third-order valence-corrected chi connectivity index (χ3v) is 3.13. The summed E-state index contributed by atoms with van der Waals surface area (Å²) in [6.45, 7) is 2.04. The van der Waals surface area contributed by atoms with Crippen molar-refractivity contribution >= 4 is 17.7 Å². The molecule has 1 aromatic rings. The van der Waals surface area contributed by atoms with Crippen molar-refractivity contribution in [3.05, 3.63) is 23.8 Å². The number of ether oxygens (including phenoxy) is 1. The van der Waals surface area contributed by atoms with Crippen LogP contribution < -0.4 is 15.4 Å². The maximum atomic E-state index is 11.7. The van der Waals surface area contributed by atoms with Crippen molar-refractivity contribution in [3.8, 4) is 5.75 Å². The number of benzene rings is 1. The van der Waals surface area contributed by atoms with Crippen LogP contribution in [0.25, 0.3) is 0 Å². The quantitative estimate of drug-likeness (QED) is 0.775. The predicted molar refractivity (Wildman–Crippen MR) is 69.7 cm³/mol. The van der Waals surface area contributed by atoms with Crippen molar-refractivity contribution in [1.29, 1.82) is 0 Å². The Morgan fingerprint density at radius 3 is 2.63 bits per heavy atom. The zero-order chi connectivity index (χ0) is 14.0. The number of carboxylic acid groups (broad SMARTS) is 1. The zero-order valence-corrected chi connectivity index (χ0v) is 10.8. The fraction of sp³-hybridized carbons (Fsp3) is 0.385. The normalized spacial score (nSPS) is 20.5. The van der Waals surface area contributed by atoms with E-state index in [9.17, 15) is 9.59 Å². The van der Waals surface area contributed by atoms with Crippen LogP contribution in [0.15, 0.2) is 18.2 Å². The Labute approximate surface area is 110 Å². The Morgan fingerprint density at radius 1 is 1.42 bits per heavy atom. The van der Waals surface area contributed by atoms with Gasteiger partial charge >= 0.3 is 12.0 Å². The van der Waals surface area contributed by atoms with Gasteiger partial charge in [-0.2, -0.15) is 0 Å². The molecule has 2 atom stereocenters. The molecule has 6 heteroatoms. The van der Waals surface area contributed by atoms with Crippen LogP contribution >= 0.6 is 0 Å². The van der Waals surface area contributed by atoms with Crippen molar-refractivity contribution in [2.24, 2.45) is 5.92 Å². The van der Waals surface area contributed by atoms with Gasteiger partial charge < -0.3 is 20.5 Å². The van der Waals surface area contributed by atoms with Crippen molar-refractivity contribution in [2.45, 2.75) is 19.4 Å². The lowest BCUT2D eigenvalue weighted by molar-refractivity contribution is 0.0697. The fourth-order valence-corrected chi connectivity index (χ4v) is 1.79. The minimum absolute atomic E-state index is 0.00153. The number of aromatic carboxylic acids is 1. The number of hydrogen-bond donors (Lipinski definition) is 3. The highest BCUT2D eigenvalue weighted by Crippen LogP contribution is 2.29. The molecule has 2 rings (SSSR count). The molecule has 0 bridgehead atoms. The van der Waals surface area contributed by atoms with Crippen molar-refractivity contribution in [1.82, 2.24) is 5.32 Å². The summed E-state index contributed by atoms with van der Waals surface area (Å²) in [6, 6.07) is 4.28. The zero-order valence-electron chi connectivity index (χ0n) is 10.8. The molecule has 2 amide bonds. The molecular formula is C13H16N2O4. The summed E-state index contributed by atoms with van der Waals surface area (Å²) in [5, 5.41) is 14.4. The van der Waals surface area contributed by atoms with E-state index in [1.807, 2.05) is 6.92 Å². The standard InChI is InChI=1S/C13H16N2O4/c1-7-5-11(7)15-13(18)14-10-4-3-8(19-2)6-9(10)12(16)17/h3-4,6-7,11H,5H2,1-2H3,(H,16,17)(H2,14,15,18). The van der Waals surface area contributed by atoms with Gasteiger partial charge in [0.05, 0.1) is 18.4 Å². The lowest BCUT2D eigenvalue weighted by Gasteiger charge is -2.10. The monoisotopic (exact) mass is 264 g/mol. The first-order valence-corrected chi connectivity index (χ1v) is 6.00. The van der Waals surface area contributed by atoms with Gasteiger partial charge in [-0.3, -0.25) is 0 Å². The molecule has 1 aliphatic rings. The van der Waals surface area contributed by atoms with Crippen molar-refractivity contribution < 1.29 is 19.4 Å². The second-order valence-corrected chi connectivity index (χ2v) is 4.63. The van der Waals surface area contributed by atoms with E-state index in [2.05, 4.69) is 10.6 Å². The fourth-order valence-electron chi connectivity index (χ4n) is 1.79. The van der Waals surface area contributed by atoms with Crippen LogP contribution in [0.2, 0.25) is 0 Å². The van der Waals surface area contributed by atoms with Crippen molar-refractivity contribution in [2.75, 3.05) is 12.4 Å². The van der Waals surface area contributed by atoms with Gasteiger partial charge in [-0.1, -0.05) is 6.92 Å². The number of amides is 2. The molecule has 1 fully saturated rings. The molecular weight excluding hydrogens is 248 g/mol. The van der Waals surface area contributed by atoms with E-state index in [0.29, 0.717) is 11.7 Å². The number of methoxy groups -OCH3 is 1. The second-order valence-electron chi connectivity index (χ2n) is 4.63. The maximum absolute atomic E-state index is 11.7. The predicted octanol–water partition coefficient (Wildman–Crippen LogP) is 1.92. The van der Waals surface area contributed by atoms with Gasteiger partial charge in [0.1, 0.15) is 5.75 Å². The number of anilines is 1. The van der Waals surface area contributed by atoms with Gasteiger partial charge in [-0.05, 0) is 30.5 Å². The molecule has 0 radical (unpaired) electrons. The second kappa shape index (κ2) is 5.17. The molecule has 0 aliphatic heterocycles. The molecule has 0 heterocycles. The molecule has 0 saturated heterocycles. The Bertz CT molecular complexity index is 515. The minimum Gasteiger partial charge on any atom is -0.497 e. The van der Waals surface area contributed by atoms with Gasteiger partial charge in [0, 0.05) is 6.04 Å². The van der Waals surface area contributed by atoms with Gasteiger partial charge in [0.15, 0.2) is 0 Å². The molecule has 0 spiro atoms. The van der Waals surface area contributed by atoms with E-state index in [0.717, 1.165) is 6.42 Å². The van der Waals surface area contributed by atoms with E-state index in [4.69, 9.17) is 9.84 Å². The average Bonchev–Trinajstić information content (AvgIpc) is 3.04. The number of carboxylic acids is 1. The van der Waals surface area contributed by atoms with Gasteiger partial charge in [0.25, 0.3) is 0 Å². The summed E-state index contributed by atoms with van der Waals surface area (Å²) in [5.41, 5.74) is 0.248. The van der Waals surface area contributed by atoms with Crippen molar-refractivity contribution in [3.63, 3.8) is 0 Å². The molecule has 3 N–H and O–H groups in total. The molecule has 19 heavy (non-hydrogen) atoms. The molecule has 1 aliphatic carbocycles. The Hall–Kier alpha value is -2.24. The molecule has 2 unspecified atom stereocenters. The molecule has 102 valence electrons. The largest absolute Gasteiger partial charge is 0.497 e. The first-order valence-electron chi connectivity index (χ1n) is 6.00. The lowest BCUT2D eigenvalue weighted by Crippen LogP contribution is -2.31. The third kappa shape index (κ3) is 3.15. The Morgan fingerprint density at radius 2 is 2.11 bits per heavy atom. The van der Waals surface area contributed by atoms with E-state index in [1.54, 1.807) is 6.07 Å². The summed E-state index contributed by atoms with van der Waals surface area (Å²) >= 11 is 0. The molecule has 1 saturated carbocycles. The smallest absolute Gasteiger partial charge is 0.337 e. The summed E-state index contributed by atoms with van der Waals surface area (Å²) in [7, 11) is 1.45. The van der Waals surface area contributed by atoms with E-state index in [1.165, 1.54) is 19.2 Å². The molecule has 1 aromatic carbocycles. The van der Waals surface area contributed by atoms with E-state index >= 15 is 0 Å². The SMILES string of the molecule is COc1ccc(NC(=O)NC2CC2C)c(C(=O)O)c1. The van der Waals surface area contributed by atoms with Crippen LogP contribution in [0.4, 0.5) is 10.5 Å². The number of rotatable bonds is 4. The lowest BCUT2D eigenvalue weighted by atomic mass is 10.1. The summed E-state index contributed by atoms with van der Waals surface area (Å²) in [5.74, 6) is -0.200. The highest BCUT2D eigenvalue weighted by atomic mass is 16.5. The summed E-state index contributed by atoms with van der Waals surface area (Å²) in [6.07, 6.45) is 0.960. The third-order valence-electron chi connectivity index (χ3n) is 3.13. The van der Waals surface area contributed by atoms with Crippen LogP contribution in [0.3, 0.4) is 0 Å². The van der Waals surface area contributed by atoms with Gasteiger partial charge in [0.2, 0.25) is 0 Å². The highest BCUT2D eigenvalue weighted by Gasteiger charge is 2.33. The van der Waals surface area contributed by atoms with Crippen LogP contribution in [0.1, 0.15) is 23.7 Å². The van der Waals surface area contributed by atoms with Gasteiger partial charge in [-0.15, -0.1) is 0 Å².